The smallest absolute Gasteiger partial charge is 0.0667 e. The second-order valence-electron chi connectivity index (χ2n) is 5.36. The third-order valence-electron chi connectivity index (χ3n) is 4.06. The molecule has 3 atom stereocenters. The molecular formula is C16H25NO. The van der Waals surface area contributed by atoms with Crippen molar-refractivity contribution >= 4 is 0 Å². The van der Waals surface area contributed by atoms with Gasteiger partial charge in [-0.3, -0.25) is 0 Å². The molecule has 1 aliphatic rings. The van der Waals surface area contributed by atoms with Crippen molar-refractivity contribution < 1.29 is 4.74 Å². The lowest BCUT2D eigenvalue weighted by Gasteiger charge is -2.33. The fourth-order valence-corrected chi connectivity index (χ4v) is 2.88. The first-order chi connectivity index (χ1) is 8.81. The monoisotopic (exact) mass is 247 g/mol. The van der Waals surface area contributed by atoms with Crippen LogP contribution >= 0.6 is 0 Å². The summed E-state index contributed by atoms with van der Waals surface area (Å²) in [5.41, 5.74) is 1.49. The molecule has 1 N–H and O–H groups in total. The molecule has 1 fully saturated rings. The molecule has 1 aromatic carbocycles. The zero-order valence-corrected chi connectivity index (χ0v) is 11.6. The van der Waals surface area contributed by atoms with E-state index in [1.54, 1.807) is 7.11 Å². The van der Waals surface area contributed by atoms with Gasteiger partial charge in [-0.2, -0.15) is 0 Å². The van der Waals surface area contributed by atoms with Gasteiger partial charge in [-0.25, -0.2) is 0 Å². The standard InChI is InChI=1S/C16H25NO/c1-13(18-2)12-17-16-11-7-6-10-15(16)14-8-4-3-5-9-14/h3-5,8-9,13,15-17H,6-7,10-12H2,1-2H3. The normalized spacial score (nSPS) is 25.9. The van der Waals surface area contributed by atoms with Gasteiger partial charge in [-0.1, -0.05) is 43.2 Å². The van der Waals surface area contributed by atoms with Crippen LogP contribution in [0.25, 0.3) is 0 Å². The highest BCUT2D eigenvalue weighted by Crippen LogP contribution is 2.32. The molecule has 0 heterocycles. The van der Waals surface area contributed by atoms with Crippen molar-refractivity contribution in [3.05, 3.63) is 35.9 Å². The second-order valence-corrected chi connectivity index (χ2v) is 5.36. The molecule has 100 valence electrons. The van der Waals surface area contributed by atoms with Crippen molar-refractivity contribution in [1.29, 1.82) is 0 Å². The van der Waals surface area contributed by atoms with Gasteiger partial charge in [0.25, 0.3) is 0 Å². The van der Waals surface area contributed by atoms with Crippen molar-refractivity contribution in [2.24, 2.45) is 0 Å². The lowest BCUT2D eigenvalue weighted by Crippen LogP contribution is -2.40. The quantitative estimate of drug-likeness (QED) is 0.861. The molecule has 1 aromatic rings. The van der Waals surface area contributed by atoms with Crippen LogP contribution in [0.4, 0.5) is 0 Å². The van der Waals surface area contributed by atoms with E-state index in [2.05, 4.69) is 42.6 Å². The first-order valence-electron chi connectivity index (χ1n) is 7.12. The van der Waals surface area contributed by atoms with Crippen molar-refractivity contribution in [3.63, 3.8) is 0 Å². The summed E-state index contributed by atoms with van der Waals surface area (Å²) in [5, 5.41) is 3.70. The minimum absolute atomic E-state index is 0.295. The summed E-state index contributed by atoms with van der Waals surface area (Å²) in [6.07, 6.45) is 5.60. The van der Waals surface area contributed by atoms with E-state index in [0.29, 0.717) is 18.1 Å². The summed E-state index contributed by atoms with van der Waals surface area (Å²) in [4.78, 5) is 0. The van der Waals surface area contributed by atoms with Crippen LogP contribution < -0.4 is 5.32 Å². The second kappa shape index (κ2) is 6.91. The van der Waals surface area contributed by atoms with E-state index >= 15 is 0 Å². The van der Waals surface area contributed by atoms with Gasteiger partial charge in [-0.15, -0.1) is 0 Å². The van der Waals surface area contributed by atoms with Crippen molar-refractivity contribution in [2.45, 2.75) is 50.7 Å². The van der Waals surface area contributed by atoms with E-state index in [1.165, 1.54) is 31.2 Å². The molecule has 18 heavy (non-hydrogen) atoms. The lowest BCUT2D eigenvalue weighted by atomic mass is 9.80. The predicted molar refractivity (Wildman–Crippen MR) is 75.9 cm³/mol. The Kier molecular flexibility index (Phi) is 5.21. The molecule has 3 unspecified atom stereocenters. The molecule has 0 saturated heterocycles. The number of ether oxygens (including phenoxy) is 1. The van der Waals surface area contributed by atoms with Crippen LogP contribution in [0, 0.1) is 0 Å². The predicted octanol–water partition coefficient (Wildman–Crippen LogP) is 3.34. The van der Waals surface area contributed by atoms with Crippen molar-refractivity contribution in [1.82, 2.24) is 5.32 Å². The van der Waals surface area contributed by atoms with Crippen LogP contribution in [0.2, 0.25) is 0 Å². The van der Waals surface area contributed by atoms with E-state index in [-0.39, 0.29) is 0 Å². The molecule has 0 amide bonds. The van der Waals surface area contributed by atoms with E-state index in [4.69, 9.17) is 4.74 Å². The van der Waals surface area contributed by atoms with Crippen LogP contribution in [-0.2, 0) is 4.74 Å². The number of methoxy groups -OCH3 is 1. The average molecular weight is 247 g/mol. The van der Waals surface area contributed by atoms with Gasteiger partial charge in [0, 0.05) is 19.7 Å². The Bertz CT molecular complexity index is 338. The Morgan fingerprint density at radius 2 is 1.94 bits per heavy atom. The highest BCUT2D eigenvalue weighted by molar-refractivity contribution is 5.22. The highest BCUT2D eigenvalue weighted by atomic mass is 16.5. The van der Waals surface area contributed by atoms with E-state index < -0.39 is 0 Å². The molecule has 0 radical (unpaired) electrons. The first kappa shape index (κ1) is 13.6. The Morgan fingerprint density at radius 3 is 2.67 bits per heavy atom. The van der Waals surface area contributed by atoms with Gasteiger partial charge in [0.2, 0.25) is 0 Å². The zero-order valence-electron chi connectivity index (χ0n) is 11.6. The van der Waals surface area contributed by atoms with E-state index in [9.17, 15) is 0 Å². The number of nitrogens with one attached hydrogen (secondary N) is 1. The molecule has 2 rings (SSSR count). The fourth-order valence-electron chi connectivity index (χ4n) is 2.88. The summed E-state index contributed by atoms with van der Waals surface area (Å²) in [5.74, 6) is 0.670. The molecule has 0 aliphatic heterocycles. The maximum atomic E-state index is 5.32. The van der Waals surface area contributed by atoms with Crippen LogP contribution in [0.15, 0.2) is 30.3 Å². The Morgan fingerprint density at radius 1 is 1.22 bits per heavy atom. The summed E-state index contributed by atoms with van der Waals surface area (Å²) < 4.78 is 5.32. The summed E-state index contributed by atoms with van der Waals surface area (Å²) in [6.45, 7) is 3.07. The summed E-state index contributed by atoms with van der Waals surface area (Å²) in [6, 6.07) is 11.5. The van der Waals surface area contributed by atoms with Crippen LogP contribution in [0.5, 0.6) is 0 Å². The molecule has 2 nitrogen and oxygen atoms in total. The Labute approximate surface area is 111 Å². The molecule has 0 spiro atoms. The minimum Gasteiger partial charge on any atom is -0.380 e. The van der Waals surface area contributed by atoms with Gasteiger partial charge in [0.05, 0.1) is 6.10 Å². The van der Waals surface area contributed by atoms with Crippen molar-refractivity contribution in [2.75, 3.05) is 13.7 Å². The largest absolute Gasteiger partial charge is 0.380 e. The van der Waals surface area contributed by atoms with Gasteiger partial charge in [0.15, 0.2) is 0 Å². The average Bonchev–Trinajstić information content (AvgIpc) is 2.46. The van der Waals surface area contributed by atoms with Crippen molar-refractivity contribution in [3.8, 4) is 0 Å². The molecule has 1 saturated carbocycles. The molecule has 0 aromatic heterocycles. The minimum atomic E-state index is 0.295. The Hall–Kier alpha value is -0.860. The third-order valence-corrected chi connectivity index (χ3v) is 4.06. The van der Waals surface area contributed by atoms with Crippen LogP contribution in [-0.4, -0.2) is 25.8 Å². The first-order valence-corrected chi connectivity index (χ1v) is 7.12. The van der Waals surface area contributed by atoms with E-state index in [0.717, 1.165) is 6.54 Å². The zero-order chi connectivity index (χ0) is 12.8. The summed E-state index contributed by atoms with van der Waals surface area (Å²) >= 11 is 0. The number of hydrogen-bond donors (Lipinski definition) is 1. The maximum absolute atomic E-state index is 5.32. The summed E-state index contributed by atoms with van der Waals surface area (Å²) in [7, 11) is 1.78. The Balaban J connectivity index is 1.98. The maximum Gasteiger partial charge on any atom is 0.0667 e. The van der Waals surface area contributed by atoms with Gasteiger partial charge in [-0.05, 0) is 31.2 Å². The number of hydrogen-bond acceptors (Lipinski definition) is 2. The van der Waals surface area contributed by atoms with Gasteiger partial charge in [0.1, 0.15) is 0 Å². The molecule has 2 heteroatoms. The molecular weight excluding hydrogens is 222 g/mol. The van der Waals surface area contributed by atoms with Crippen LogP contribution in [0.3, 0.4) is 0 Å². The fraction of sp³-hybridized carbons (Fsp3) is 0.625. The topological polar surface area (TPSA) is 21.3 Å². The van der Waals surface area contributed by atoms with E-state index in [1.807, 2.05) is 0 Å². The SMILES string of the molecule is COC(C)CNC1CCCCC1c1ccccc1. The third kappa shape index (κ3) is 3.56. The number of rotatable bonds is 5. The molecule has 1 aliphatic carbocycles. The highest BCUT2D eigenvalue weighted by Gasteiger charge is 2.26. The molecule has 0 bridgehead atoms. The van der Waals surface area contributed by atoms with Gasteiger partial charge >= 0.3 is 0 Å². The number of benzene rings is 1. The van der Waals surface area contributed by atoms with Gasteiger partial charge < -0.3 is 10.1 Å². The van der Waals surface area contributed by atoms with Crippen LogP contribution in [0.1, 0.15) is 44.1 Å². The lowest BCUT2D eigenvalue weighted by molar-refractivity contribution is 0.111.